The molecule has 1 fully saturated rings. The van der Waals surface area contributed by atoms with Crippen LogP contribution in [0.3, 0.4) is 0 Å². The Labute approximate surface area is 153 Å². The molecule has 0 N–H and O–H groups in total. The van der Waals surface area contributed by atoms with Gasteiger partial charge in [0.25, 0.3) is 0 Å². The summed E-state index contributed by atoms with van der Waals surface area (Å²) in [6.45, 7) is 0. The molecule has 4 heteroatoms. The van der Waals surface area contributed by atoms with E-state index >= 15 is 0 Å². The predicted molar refractivity (Wildman–Crippen MR) is 100.0 cm³/mol. The second-order valence-electron chi connectivity index (χ2n) is 6.35. The topological polar surface area (TPSA) is 21.6 Å². The molecular weight excluding hydrogens is 373 g/mol. The fourth-order valence-electron chi connectivity index (χ4n) is 3.03. The van der Waals surface area contributed by atoms with E-state index in [1.54, 1.807) is 0 Å². The van der Waals surface area contributed by atoms with Gasteiger partial charge < -0.3 is 0 Å². The molecule has 2 nitrogen and oxygen atoms in total. The van der Waals surface area contributed by atoms with Crippen LogP contribution in [-0.4, -0.2) is 26.9 Å². The molecule has 0 saturated heterocycles. The zero-order valence-corrected chi connectivity index (χ0v) is 16.3. The summed E-state index contributed by atoms with van der Waals surface area (Å²) in [7, 11) is 0. The molecule has 0 aromatic heterocycles. The monoisotopic (exact) mass is 400 g/mol. The molecule has 1 aliphatic carbocycles. The van der Waals surface area contributed by atoms with Crippen molar-refractivity contribution >= 4 is 38.1 Å². The van der Waals surface area contributed by atoms with E-state index in [4.69, 9.17) is 16.3 Å². The molecule has 1 aromatic carbocycles. The van der Waals surface area contributed by atoms with Gasteiger partial charge in [-0.15, -0.1) is 0 Å². The van der Waals surface area contributed by atoms with Gasteiger partial charge in [-0.25, -0.2) is 0 Å². The number of rotatable bonds is 2. The molecule has 0 bridgehead atoms. The number of hydrogen-bond donors (Lipinski definition) is 0. The Kier molecular flexibility index (Phi) is 9.11. The van der Waals surface area contributed by atoms with Gasteiger partial charge >= 0.3 is 154 Å². The molecule has 127 valence electrons. The van der Waals surface area contributed by atoms with E-state index in [2.05, 4.69) is 21.0 Å². The SMILES string of the molecule is Clc1ccc(N=C([Se])OC2CCCCCCCCCCC2)cc1. The zero-order chi connectivity index (χ0) is 16.3. The summed E-state index contributed by atoms with van der Waals surface area (Å²) in [5.74, 6) is 0. The van der Waals surface area contributed by atoms with Crippen LogP contribution in [0.4, 0.5) is 5.69 Å². The third-order valence-corrected chi connectivity index (χ3v) is 5.01. The molecule has 0 amide bonds. The Hall–Kier alpha value is -0.501. The quantitative estimate of drug-likeness (QED) is 0.330. The second-order valence-corrected chi connectivity index (χ2v) is 7.52. The number of aliphatic imine (C=N–C) groups is 1. The average molecular weight is 400 g/mol. The van der Waals surface area contributed by atoms with E-state index < -0.39 is 0 Å². The van der Waals surface area contributed by atoms with Gasteiger partial charge in [-0.1, -0.05) is 0 Å². The Morgan fingerprint density at radius 1 is 0.870 bits per heavy atom. The summed E-state index contributed by atoms with van der Waals surface area (Å²) in [6, 6.07) is 7.52. The molecule has 0 unspecified atom stereocenters. The number of nitrogens with zero attached hydrogens (tertiary/aromatic N) is 1. The summed E-state index contributed by atoms with van der Waals surface area (Å²) < 4.78 is 6.09. The van der Waals surface area contributed by atoms with E-state index in [0.29, 0.717) is 10.9 Å². The third kappa shape index (κ3) is 8.24. The average Bonchev–Trinajstić information content (AvgIpc) is 2.52. The molecule has 0 aliphatic heterocycles. The van der Waals surface area contributed by atoms with Crippen molar-refractivity contribution in [3.05, 3.63) is 29.3 Å². The van der Waals surface area contributed by atoms with Gasteiger partial charge in [0.2, 0.25) is 0 Å². The van der Waals surface area contributed by atoms with Crippen molar-refractivity contribution in [3.63, 3.8) is 0 Å². The van der Waals surface area contributed by atoms with Gasteiger partial charge in [-0.05, 0) is 0 Å². The standard InChI is InChI=1S/C19H27ClNOSe/c20-16-12-14-17(15-13-16)21-19(23)22-18-10-8-6-4-2-1-3-5-7-9-11-18/h12-15,18H,1-11H2. The second kappa shape index (κ2) is 11.1. The molecule has 23 heavy (non-hydrogen) atoms. The zero-order valence-electron chi connectivity index (χ0n) is 13.8. The molecule has 1 aromatic rings. The molecule has 0 spiro atoms. The Balaban J connectivity index is 1.87. The summed E-state index contributed by atoms with van der Waals surface area (Å²) in [5, 5.41) is 0.728. The van der Waals surface area contributed by atoms with Gasteiger partial charge in [-0.3, -0.25) is 0 Å². The summed E-state index contributed by atoms with van der Waals surface area (Å²) in [6.07, 6.45) is 14.7. The van der Waals surface area contributed by atoms with Crippen LogP contribution >= 0.6 is 11.6 Å². The van der Waals surface area contributed by atoms with Gasteiger partial charge in [0.05, 0.1) is 0 Å². The Morgan fingerprint density at radius 3 is 1.87 bits per heavy atom. The number of benzene rings is 1. The molecular formula is C19H27ClNOSe. The Morgan fingerprint density at radius 2 is 1.35 bits per heavy atom. The Bertz CT molecular complexity index is 463. The van der Waals surface area contributed by atoms with E-state index in [1.807, 2.05) is 24.3 Å². The third-order valence-electron chi connectivity index (χ3n) is 4.37. The van der Waals surface area contributed by atoms with Crippen molar-refractivity contribution in [3.8, 4) is 0 Å². The van der Waals surface area contributed by atoms with Crippen molar-refractivity contribution < 1.29 is 4.74 Å². The van der Waals surface area contributed by atoms with E-state index in [-0.39, 0.29) is 0 Å². The van der Waals surface area contributed by atoms with Crippen LogP contribution in [-0.2, 0) is 4.74 Å². The van der Waals surface area contributed by atoms with Crippen molar-refractivity contribution in [2.24, 2.45) is 4.99 Å². The van der Waals surface area contributed by atoms with Crippen molar-refractivity contribution in [1.29, 1.82) is 0 Å². The number of hydrogen-bond acceptors (Lipinski definition) is 2. The van der Waals surface area contributed by atoms with Gasteiger partial charge in [-0.2, -0.15) is 0 Å². The van der Waals surface area contributed by atoms with Crippen molar-refractivity contribution in [2.45, 2.75) is 76.7 Å². The summed E-state index contributed by atoms with van der Waals surface area (Å²) in [4.78, 5) is 5.15. The summed E-state index contributed by atoms with van der Waals surface area (Å²) in [5.41, 5.74) is 0.872. The first-order valence-electron chi connectivity index (χ1n) is 8.92. The molecule has 2 rings (SSSR count). The van der Waals surface area contributed by atoms with Crippen molar-refractivity contribution in [1.82, 2.24) is 0 Å². The minimum atomic E-state index is 0.293. The van der Waals surface area contributed by atoms with Crippen LogP contribution in [0.25, 0.3) is 0 Å². The van der Waals surface area contributed by atoms with Crippen LogP contribution in [0.1, 0.15) is 70.6 Å². The fourth-order valence-corrected chi connectivity index (χ4v) is 3.67. The van der Waals surface area contributed by atoms with Crippen LogP contribution in [0.2, 0.25) is 5.02 Å². The molecule has 1 aliphatic rings. The molecule has 0 heterocycles. The predicted octanol–water partition coefficient (Wildman–Crippen LogP) is 6.19. The van der Waals surface area contributed by atoms with E-state index in [9.17, 15) is 0 Å². The maximum absolute atomic E-state index is 6.09. The van der Waals surface area contributed by atoms with Gasteiger partial charge in [0.15, 0.2) is 0 Å². The number of ether oxygens (including phenoxy) is 1. The molecule has 1 radical (unpaired) electrons. The normalized spacial score (nSPS) is 19.6. The minimum absolute atomic E-state index is 0.293. The first kappa shape index (κ1) is 18.8. The van der Waals surface area contributed by atoms with Gasteiger partial charge in [0.1, 0.15) is 0 Å². The van der Waals surface area contributed by atoms with Crippen LogP contribution < -0.4 is 0 Å². The fraction of sp³-hybridized carbons (Fsp3) is 0.632. The first-order valence-corrected chi connectivity index (χ1v) is 10.2. The van der Waals surface area contributed by atoms with Gasteiger partial charge in [0, 0.05) is 0 Å². The summed E-state index contributed by atoms with van der Waals surface area (Å²) >= 11 is 8.87. The molecule has 0 atom stereocenters. The van der Waals surface area contributed by atoms with Crippen LogP contribution in [0.15, 0.2) is 29.3 Å². The van der Waals surface area contributed by atoms with Crippen LogP contribution in [0.5, 0.6) is 0 Å². The first-order chi connectivity index (χ1) is 11.2. The molecule has 1 saturated carbocycles. The van der Waals surface area contributed by atoms with E-state index in [1.165, 1.54) is 57.8 Å². The van der Waals surface area contributed by atoms with E-state index in [0.717, 1.165) is 23.6 Å². The maximum atomic E-state index is 6.09. The van der Waals surface area contributed by atoms with Crippen LogP contribution in [0, 0.1) is 0 Å². The van der Waals surface area contributed by atoms with Crippen molar-refractivity contribution in [2.75, 3.05) is 0 Å². The number of halogens is 1.